The van der Waals surface area contributed by atoms with Crippen LogP contribution in [0.15, 0.2) is 60.7 Å². The van der Waals surface area contributed by atoms with Gasteiger partial charge in [-0.05, 0) is 17.7 Å². The lowest BCUT2D eigenvalue weighted by atomic mass is 9.98. The molecule has 1 aliphatic heterocycles. The first-order chi connectivity index (χ1) is 13.1. The van der Waals surface area contributed by atoms with Crippen molar-refractivity contribution >= 4 is 5.97 Å². The molecule has 144 valence electrons. The van der Waals surface area contributed by atoms with Gasteiger partial charge in [-0.25, -0.2) is 4.79 Å². The van der Waals surface area contributed by atoms with Crippen LogP contribution in [0.1, 0.15) is 15.9 Å². The van der Waals surface area contributed by atoms with Crippen LogP contribution in [-0.4, -0.2) is 58.6 Å². The summed E-state index contributed by atoms with van der Waals surface area (Å²) in [6.07, 6.45) is -6.19. The maximum absolute atomic E-state index is 12.4. The van der Waals surface area contributed by atoms with Crippen LogP contribution in [0.2, 0.25) is 0 Å². The van der Waals surface area contributed by atoms with E-state index in [9.17, 15) is 20.1 Å². The molecule has 27 heavy (non-hydrogen) atoms. The largest absolute Gasteiger partial charge is 0.450 e. The predicted molar refractivity (Wildman–Crippen MR) is 94.6 cm³/mol. The molecule has 1 heterocycles. The van der Waals surface area contributed by atoms with Gasteiger partial charge in [-0.1, -0.05) is 48.5 Å². The molecule has 0 spiro atoms. The van der Waals surface area contributed by atoms with Gasteiger partial charge in [0.15, 0.2) is 12.4 Å². The number of hydrogen-bond acceptors (Lipinski definition) is 7. The number of ether oxygens (including phenoxy) is 3. The predicted octanol–water partition coefficient (Wildman–Crippen LogP) is 0.868. The summed E-state index contributed by atoms with van der Waals surface area (Å²) in [5.41, 5.74) is 1.14. The van der Waals surface area contributed by atoms with Crippen molar-refractivity contribution in [2.75, 3.05) is 6.61 Å². The van der Waals surface area contributed by atoms with E-state index in [1.54, 1.807) is 30.3 Å². The molecule has 3 rings (SSSR count). The van der Waals surface area contributed by atoms with Gasteiger partial charge in [-0.3, -0.25) is 0 Å². The summed E-state index contributed by atoms with van der Waals surface area (Å²) in [5, 5.41) is 30.1. The van der Waals surface area contributed by atoms with Crippen LogP contribution in [0.4, 0.5) is 0 Å². The van der Waals surface area contributed by atoms with Crippen molar-refractivity contribution in [2.24, 2.45) is 0 Å². The van der Waals surface area contributed by atoms with Gasteiger partial charge < -0.3 is 29.5 Å². The van der Waals surface area contributed by atoms with Crippen LogP contribution in [0.5, 0.6) is 0 Å². The lowest BCUT2D eigenvalue weighted by Gasteiger charge is -2.41. The van der Waals surface area contributed by atoms with E-state index < -0.39 is 43.3 Å². The van der Waals surface area contributed by atoms with E-state index in [0.29, 0.717) is 5.56 Å². The van der Waals surface area contributed by atoms with Crippen molar-refractivity contribution < 1.29 is 34.3 Å². The fourth-order valence-corrected chi connectivity index (χ4v) is 2.91. The van der Waals surface area contributed by atoms with Crippen molar-refractivity contribution in [3.05, 3.63) is 71.8 Å². The maximum Gasteiger partial charge on any atom is 0.338 e. The molecule has 7 heteroatoms. The Balaban J connectivity index is 1.76. The minimum atomic E-state index is -1.54. The number of esters is 1. The number of rotatable bonds is 6. The highest BCUT2D eigenvalue weighted by Crippen LogP contribution is 2.26. The molecular weight excluding hydrogens is 352 g/mol. The van der Waals surface area contributed by atoms with Gasteiger partial charge in [0.2, 0.25) is 0 Å². The molecule has 0 aliphatic carbocycles. The fraction of sp³-hybridized carbons (Fsp3) is 0.350. The van der Waals surface area contributed by atoms with Gasteiger partial charge in [-0.15, -0.1) is 0 Å². The lowest BCUT2D eigenvalue weighted by Crippen LogP contribution is -2.60. The third-order valence-corrected chi connectivity index (χ3v) is 4.35. The van der Waals surface area contributed by atoms with E-state index in [0.717, 1.165) is 5.56 Å². The van der Waals surface area contributed by atoms with Gasteiger partial charge in [0.05, 0.1) is 18.8 Å². The minimum Gasteiger partial charge on any atom is -0.450 e. The number of benzene rings is 2. The number of carbonyl (C=O) groups excluding carboxylic acids is 1. The zero-order valence-corrected chi connectivity index (χ0v) is 14.5. The van der Waals surface area contributed by atoms with Crippen molar-refractivity contribution in [2.45, 2.75) is 37.3 Å². The number of hydrogen-bond donors (Lipinski definition) is 3. The van der Waals surface area contributed by atoms with E-state index >= 15 is 0 Å². The zero-order chi connectivity index (χ0) is 19.2. The summed E-state index contributed by atoms with van der Waals surface area (Å²) >= 11 is 0. The van der Waals surface area contributed by atoms with Gasteiger partial charge in [0, 0.05) is 0 Å². The summed E-state index contributed by atoms with van der Waals surface area (Å²) in [5.74, 6) is -0.675. The molecule has 1 aliphatic rings. The highest BCUT2D eigenvalue weighted by molar-refractivity contribution is 5.89. The number of aliphatic hydroxyl groups is 3. The Morgan fingerprint density at radius 2 is 1.59 bits per heavy atom. The normalized spacial score (nSPS) is 27.9. The lowest BCUT2D eigenvalue weighted by molar-refractivity contribution is -0.295. The average molecular weight is 374 g/mol. The van der Waals surface area contributed by atoms with Gasteiger partial charge in [0.25, 0.3) is 0 Å². The summed E-state index contributed by atoms with van der Waals surface area (Å²) in [4.78, 5) is 12.4. The first-order valence-electron chi connectivity index (χ1n) is 8.64. The molecule has 0 aromatic heterocycles. The quantitative estimate of drug-likeness (QED) is 0.644. The maximum atomic E-state index is 12.4. The van der Waals surface area contributed by atoms with Crippen molar-refractivity contribution in [1.29, 1.82) is 0 Å². The van der Waals surface area contributed by atoms with Gasteiger partial charge in [-0.2, -0.15) is 0 Å². The molecule has 5 atom stereocenters. The van der Waals surface area contributed by atoms with Crippen molar-refractivity contribution in [3.8, 4) is 0 Å². The molecule has 7 nitrogen and oxygen atoms in total. The Morgan fingerprint density at radius 3 is 2.22 bits per heavy atom. The van der Waals surface area contributed by atoms with Crippen molar-refractivity contribution in [3.63, 3.8) is 0 Å². The Labute approximate surface area is 156 Å². The minimum absolute atomic E-state index is 0.132. The SMILES string of the molecule is O=C(OC1C(O)OC(CO)C(O)C1OCc1ccccc1)c1ccccc1. The molecule has 0 saturated carbocycles. The summed E-state index contributed by atoms with van der Waals surface area (Å²) in [7, 11) is 0. The zero-order valence-electron chi connectivity index (χ0n) is 14.5. The number of aliphatic hydroxyl groups excluding tert-OH is 3. The average Bonchev–Trinajstić information content (AvgIpc) is 2.71. The highest BCUT2D eigenvalue weighted by atomic mass is 16.7. The molecule has 2 aromatic carbocycles. The van der Waals surface area contributed by atoms with E-state index in [4.69, 9.17) is 14.2 Å². The van der Waals surface area contributed by atoms with E-state index in [1.165, 1.54) is 0 Å². The van der Waals surface area contributed by atoms with E-state index in [-0.39, 0.29) is 6.61 Å². The number of carbonyl (C=O) groups is 1. The Hall–Kier alpha value is -2.29. The third kappa shape index (κ3) is 4.71. The fourth-order valence-electron chi connectivity index (χ4n) is 2.91. The first-order valence-corrected chi connectivity index (χ1v) is 8.64. The molecule has 1 saturated heterocycles. The second-order valence-corrected chi connectivity index (χ2v) is 6.24. The van der Waals surface area contributed by atoms with Crippen LogP contribution in [0, 0.1) is 0 Å². The second kappa shape index (κ2) is 9.07. The second-order valence-electron chi connectivity index (χ2n) is 6.24. The van der Waals surface area contributed by atoms with Crippen LogP contribution in [-0.2, 0) is 20.8 Å². The standard InChI is InChI=1S/C20H22O7/c21-11-15-16(22)17(25-12-13-7-3-1-4-8-13)18(20(24)26-15)27-19(23)14-9-5-2-6-10-14/h1-10,15-18,20-22,24H,11-12H2. The summed E-state index contributed by atoms with van der Waals surface area (Å²) in [6.45, 7) is -0.379. The Kier molecular flexibility index (Phi) is 6.54. The van der Waals surface area contributed by atoms with E-state index in [1.807, 2.05) is 30.3 Å². The molecule has 0 bridgehead atoms. The Bertz CT molecular complexity index is 722. The van der Waals surface area contributed by atoms with E-state index in [2.05, 4.69) is 0 Å². The molecule has 2 aromatic rings. The highest BCUT2D eigenvalue weighted by Gasteiger charge is 2.47. The monoisotopic (exact) mass is 374 g/mol. The van der Waals surface area contributed by atoms with Gasteiger partial charge >= 0.3 is 5.97 Å². The topological polar surface area (TPSA) is 105 Å². The Morgan fingerprint density at radius 1 is 0.963 bits per heavy atom. The third-order valence-electron chi connectivity index (χ3n) is 4.35. The first kappa shape index (κ1) is 19.5. The molecule has 0 radical (unpaired) electrons. The van der Waals surface area contributed by atoms with Crippen LogP contribution >= 0.6 is 0 Å². The molecule has 5 unspecified atom stereocenters. The van der Waals surface area contributed by atoms with Crippen molar-refractivity contribution in [1.82, 2.24) is 0 Å². The van der Waals surface area contributed by atoms with Crippen LogP contribution in [0.3, 0.4) is 0 Å². The van der Waals surface area contributed by atoms with Crippen LogP contribution in [0.25, 0.3) is 0 Å². The summed E-state index contributed by atoms with van der Waals surface area (Å²) in [6, 6.07) is 17.5. The van der Waals surface area contributed by atoms with Crippen LogP contribution < -0.4 is 0 Å². The molecule has 1 fully saturated rings. The molecular formula is C20H22O7. The summed E-state index contributed by atoms with van der Waals surface area (Å²) < 4.78 is 16.3. The molecule has 0 amide bonds. The molecule has 3 N–H and O–H groups in total. The smallest absolute Gasteiger partial charge is 0.338 e. The van der Waals surface area contributed by atoms with Gasteiger partial charge in [0.1, 0.15) is 18.3 Å².